The van der Waals surface area contributed by atoms with Gasteiger partial charge >= 0.3 is 12.2 Å². The summed E-state index contributed by atoms with van der Waals surface area (Å²) < 4.78 is 10.1. The number of unbranched alkanes of at least 4 members (excludes halogenated alkanes) is 2. The van der Waals surface area contributed by atoms with Crippen molar-refractivity contribution in [3.05, 3.63) is 81.9 Å². The first kappa shape index (κ1) is 41.5. The van der Waals surface area contributed by atoms with Gasteiger partial charge in [-0.25, -0.2) is 9.59 Å². The second-order valence-corrected chi connectivity index (χ2v) is 12.9. The van der Waals surface area contributed by atoms with E-state index in [0.717, 1.165) is 4.90 Å². The summed E-state index contributed by atoms with van der Waals surface area (Å²) in [6.45, 7) is 3.98. The van der Waals surface area contributed by atoms with Gasteiger partial charge in [0.05, 0.1) is 11.0 Å². The van der Waals surface area contributed by atoms with E-state index in [1.807, 2.05) is 13.8 Å². The fraction of sp³-hybridized carbons (Fsp3) is 0.432. The van der Waals surface area contributed by atoms with Crippen LogP contribution in [0.5, 0.6) is 5.75 Å². The number of non-ortho nitro benzene ring substituents is 1. The number of nitro benzene ring substituents is 1. The van der Waals surface area contributed by atoms with Crippen LogP contribution in [-0.4, -0.2) is 70.4 Å². The molecule has 0 aromatic heterocycles. The predicted molar refractivity (Wildman–Crippen MR) is 190 cm³/mol. The molecule has 1 aliphatic heterocycles. The number of Topliss-reactive ketones (excluding diaryl/α,β-unsaturated/α-hetero) is 2. The highest BCUT2D eigenvalue weighted by molar-refractivity contribution is 6.12. The summed E-state index contributed by atoms with van der Waals surface area (Å²) in [4.78, 5) is 97.8. The Labute approximate surface area is 306 Å². The van der Waals surface area contributed by atoms with E-state index in [2.05, 4.69) is 10.6 Å². The van der Waals surface area contributed by atoms with Crippen molar-refractivity contribution in [2.24, 2.45) is 17.6 Å². The van der Waals surface area contributed by atoms with Gasteiger partial charge in [-0.1, -0.05) is 44.5 Å². The molecule has 5 amide bonds. The van der Waals surface area contributed by atoms with Gasteiger partial charge in [0.1, 0.15) is 18.1 Å². The molecule has 53 heavy (non-hydrogen) atoms. The summed E-state index contributed by atoms with van der Waals surface area (Å²) in [6.07, 6.45) is 3.94. The van der Waals surface area contributed by atoms with E-state index in [1.165, 1.54) is 36.4 Å². The number of imide groups is 1. The number of nitrogens with one attached hydrogen (secondary N) is 2. The zero-order chi connectivity index (χ0) is 38.9. The third-order valence-corrected chi connectivity index (χ3v) is 8.51. The highest BCUT2D eigenvalue weighted by Crippen LogP contribution is 2.20. The molecule has 0 aliphatic carbocycles. The normalized spacial score (nSPS) is 13.4. The van der Waals surface area contributed by atoms with Crippen LogP contribution in [-0.2, 0) is 41.7 Å². The summed E-state index contributed by atoms with van der Waals surface area (Å²) in [6, 6.07) is 9.99. The van der Waals surface area contributed by atoms with E-state index in [1.54, 1.807) is 24.3 Å². The van der Waals surface area contributed by atoms with Crippen LogP contribution in [0.2, 0.25) is 0 Å². The third-order valence-electron chi connectivity index (χ3n) is 8.51. The average molecular weight is 736 g/mol. The molecule has 2 atom stereocenters. The van der Waals surface area contributed by atoms with Crippen LogP contribution in [0.1, 0.15) is 69.9 Å². The Morgan fingerprint density at radius 2 is 1.53 bits per heavy atom. The Bertz CT molecular complexity index is 1650. The first-order valence-corrected chi connectivity index (χ1v) is 17.3. The van der Waals surface area contributed by atoms with Crippen LogP contribution >= 0.6 is 0 Å². The molecule has 0 fully saturated rings. The van der Waals surface area contributed by atoms with Crippen LogP contribution in [0.15, 0.2) is 60.7 Å². The second-order valence-electron chi connectivity index (χ2n) is 12.9. The highest BCUT2D eigenvalue weighted by atomic mass is 16.7. The number of ether oxygens (including phenoxy) is 2. The maximum atomic E-state index is 13.5. The van der Waals surface area contributed by atoms with Gasteiger partial charge in [-0.15, -0.1) is 0 Å². The van der Waals surface area contributed by atoms with Crippen molar-refractivity contribution in [2.75, 3.05) is 13.1 Å². The number of nitrogens with zero attached hydrogens (tertiary/aromatic N) is 2. The number of ketones is 2. The van der Waals surface area contributed by atoms with Crippen LogP contribution in [0.3, 0.4) is 0 Å². The number of nitro groups is 1. The monoisotopic (exact) mass is 735 g/mol. The fourth-order valence-electron chi connectivity index (χ4n) is 5.49. The van der Waals surface area contributed by atoms with Gasteiger partial charge in [0.25, 0.3) is 17.5 Å². The zero-order valence-corrected chi connectivity index (χ0v) is 29.7. The van der Waals surface area contributed by atoms with Crippen molar-refractivity contribution >= 4 is 47.2 Å². The van der Waals surface area contributed by atoms with Gasteiger partial charge in [-0.3, -0.25) is 39.0 Å². The molecule has 0 saturated carbocycles. The van der Waals surface area contributed by atoms with E-state index >= 15 is 0 Å². The standard InChI is InChI=1S/C37H45N5O11/c1-24(2)30(22-28(43)7-4-3-5-20-41-33(45)17-18-34(41)46)35(47)40-31(8-6-19-39-36(38)48)32(44)21-25-9-11-26(12-10-25)23-52-37(49)53-29-15-13-27(14-16-29)42(50)51/h9-18,24,30-31H,3-8,19-23H2,1-2H3,(H,40,47)(H3,38,39,48)/t30-,31+/m0/s1. The molecular weight excluding hydrogens is 690 g/mol. The molecule has 0 bridgehead atoms. The van der Waals surface area contributed by atoms with Crippen molar-refractivity contribution in [3.63, 3.8) is 0 Å². The molecule has 16 heteroatoms. The van der Waals surface area contributed by atoms with Gasteiger partial charge in [0, 0.05) is 62.6 Å². The number of benzene rings is 2. The molecule has 0 unspecified atom stereocenters. The molecule has 1 aliphatic rings. The Morgan fingerprint density at radius 3 is 2.13 bits per heavy atom. The number of amides is 5. The van der Waals surface area contributed by atoms with E-state index in [-0.39, 0.29) is 86.1 Å². The second kappa shape index (κ2) is 20.8. The van der Waals surface area contributed by atoms with E-state index in [4.69, 9.17) is 15.2 Å². The number of carbonyl (C=O) groups excluding carboxylic acids is 7. The molecule has 2 aromatic carbocycles. The van der Waals surface area contributed by atoms with Gasteiger partial charge in [0.15, 0.2) is 5.78 Å². The van der Waals surface area contributed by atoms with Crippen LogP contribution in [0.25, 0.3) is 0 Å². The number of hydrogen-bond acceptors (Lipinski definition) is 11. The number of hydrogen-bond donors (Lipinski definition) is 3. The van der Waals surface area contributed by atoms with Crippen molar-refractivity contribution in [3.8, 4) is 5.75 Å². The van der Waals surface area contributed by atoms with Gasteiger partial charge < -0.3 is 25.8 Å². The SMILES string of the molecule is CC(C)[C@H](CC(=O)CCCCCN1C(=O)C=CC1=O)C(=O)N[C@H](CCCNC(N)=O)C(=O)Cc1ccc(COC(=O)Oc2ccc([N+](=O)[O-])cc2)cc1. The maximum Gasteiger partial charge on any atom is 0.514 e. The lowest BCUT2D eigenvalue weighted by Crippen LogP contribution is -2.46. The summed E-state index contributed by atoms with van der Waals surface area (Å²) in [5.41, 5.74) is 6.23. The maximum absolute atomic E-state index is 13.5. The lowest BCUT2D eigenvalue weighted by atomic mass is 9.88. The van der Waals surface area contributed by atoms with Gasteiger partial charge in [-0.2, -0.15) is 0 Å². The Balaban J connectivity index is 1.52. The Hall–Kier alpha value is -5.93. The lowest BCUT2D eigenvalue weighted by molar-refractivity contribution is -0.384. The Kier molecular flexibility index (Phi) is 16.3. The summed E-state index contributed by atoms with van der Waals surface area (Å²) >= 11 is 0. The predicted octanol–water partition coefficient (Wildman–Crippen LogP) is 4.07. The minimum absolute atomic E-state index is 0.00832. The van der Waals surface area contributed by atoms with Crippen molar-refractivity contribution in [1.29, 1.82) is 0 Å². The van der Waals surface area contributed by atoms with E-state index < -0.39 is 35.0 Å². The van der Waals surface area contributed by atoms with Gasteiger partial charge in [0.2, 0.25) is 5.91 Å². The fourth-order valence-corrected chi connectivity index (χ4v) is 5.49. The molecule has 0 spiro atoms. The molecule has 4 N–H and O–H groups in total. The topological polar surface area (TPSA) is 234 Å². The average Bonchev–Trinajstić information content (AvgIpc) is 3.43. The minimum atomic E-state index is -1.01. The number of nitrogens with two attached hydrogens (primary N) is 1. The van der Waals surface area contributed by atoms with Crippen molar-refractivity contribution < 1.29 is 48.0 Å². The van der Waals surface area contributed by atoms with E-state index in [9.17, 15) is 43.7 Å². The smallest absolute Gasteiger partial charge is 0.429 e. The molecule has 2 aromatic rings. The first-order chi connectivity index (χ1) is 25.2. The summed E-state index contributed by atoms with van der Waals surface area (Å²) in [5.74, 6) is -2.32. The first-order valence-electron chi connectivity index (χ1n) is 17.3. The minimum Gasteiger partial charge on any atom is -0.429 e. The van der Waals surface area contributed by atoms with Crippen LogP contribution < -0.4 is 21.1 Å². The molecule has 0 saturated heterocycles. The summed E-state index contributed by atoms with van der Waals surface area (Å²) in [5, 5.41) is 16.1. The van der Waals surface area contributed by atoms with E-state index in [0.29, 0.717) is 36.8 Å². The molecule has 0 radical (unpaired) electrons. The lowest BCUT2D eigenvalue weighted by Gasteiger charge is -2.24. The molecule has 3 rings (SSSR count). The zero-order valence-electron chi connectivity index (χ0n) is 29.7. The molecule has 1 heterocycles. The van der Waals surface area contributed by atoms with Crippen molar-refractivity contribution in [2.45, 2.75) is 77.9 Å². The molecule has 16 nitrogen and oxygen atoms in total. The number of primary amides is 1. The molecule has 284 valence electrons. The number of rotatable bonds is 22. The van der Waals surface area contributed by atoms with Crippen molar-refractivity contribution in [1.82, 2.24) is 15.5 Å². The Morgan fingerprint density at radius 1 is 0.887 bits per heavy atom. The van der Waals surface area contributed by atoms with Crippen LogP contribution in [0.4, 0.5) is 15.3 Å². The van der Waals surface area contributed by atoms with Gasteiger partial charge in [-0.05, 0) is 54.9 Å². The third kappa shape index (κ3) is 14.3. The number of urea groups is 1. The quantitative estimate of drug-likeness (QED) is 0.0389. The number of carbonyl (C=O) groups is 7. The molecular formula is C37H45N5O11. The summed E-state index contributed by atoms with van der Waals surface area (Å²) in [7, 11) is 0. The highest BCUT2D eigenvalue weighted by Gasteiger charge is 2.29. The largest absolute Gasteiger partial charge is 0.514 e. The van der Waals surface area contributed by atoms with Crippen LogP contribution in [0, 0.1) is 22.0 Å².